The molecule has 24 heavy (non-hydrogen) atoms. The molecular formula is C12H7F3N8O. The SMILES string of the molecule is Cc1nc2ncnn2c2ccn(-c3n[nH]c(C(F)(F)F)n3)c(=O)c12. The second kappa shape index (κ2) is 4.59. The highest BCUT2D eigenvalue weighted by atomic mass is 19.4. The van der Waals surface area contributed by atoms with Crippen molar-refractivity contribution >= 4 is 16.7 Å². The summed E-state index contributed by atoms with van der Waals surface area (Å²) >= 11 is 0. The standard InChI is InChI=1S/C12H7F3N8O/c1-5-7-6(23-10(18-5)16-4-17-23)2-3-22(8(7)24)11-19-9(20-21-11)12(13,14)15/h2-4H,1H3,(H,19,20,21). The van der Waals surface area contributed by atoms with Gasteiger partial charge >= 0.3 is 6.18 Å². The van der Waals surface area contributed by atoms with E-state index in [0.29, 0.717) is 17.0 Å². The number of halogens is 3. The van der Waals surface area contributed by atoms with Gasteiger partial charge in [0, 0.05) is 6.20 Å². The number of aromatic amines is 1. The first-order valence-electron chi connectivity index (χ1n) is 6.58. The third kappa shape index (κ3) is 1.96. The number of fused-ring (bicyclic) bond motifs is 3. The van der Waals surface area contributed by atoms with Crippen molar-refractivity contribution in [1.82, 2.24) is 39.3 Å². The number of pyridine rings is 1. The van der Waals surface area contributed by atoms with Crippen LogP contribution in [0, 0.1) is 6.92 Å². The molecule has 9 nitrogen and oxygen atoms in total. The maximum absolute atomic E-state index is 12.7. The molecule has 0 aliphatic carbocycles. The minimum Gasteiger partial charge on any atom is -0.268 e. The fourth-order valence-corrected chi connectivity index (χ4v) is 2.38. The maximum atomic E-state index is 12.7. The van der Waals surface area contributed by atoms with Gasteiger partial charge in [0.15, 0.2) is 0 Å². The average molecular weight is 336 g/mol. The Bertz CT molecular complexity index is 1140. The van der Waals surface area contributed by atoms with Gasteiger partial charge in [-0.3, -0.25) is 9.89 Å². The Balaban J connectivity index is 2.00. The van der Waals surface area contributed by atoms with Crippen molar-refractivity contribution in [3.05, 3.63) is 40.5 Å². The highest BCUT2D eigenvalue weighted by molar-refractivity contribution is 5.81. The number of nitrogens with zero attached hydrogens (tertiary/aromatic N) is 7. The quantitative estimate of drug-likeness (QED) is 0.553. The zero-order valence-corrected chi connectivity index (χ0v) is 11.9. The fraction of sp³-hybridized carbons (Fsp3) is 0.167. The van der Waals surface area contributed by atoms with E-state index in [2.05, 4.69) is 25.1 Å². The Morgan fingerprint density at radius 3 is 2.75 bits per heavy atom. The van der Waals surface area contributed by atoms with E-state index in [1.807, 2.05) is 0 Å². The minimum atomic E-state index is -4.68. The van der Waals surface area contributed by atoms with Crippen molar-refractivity contribution in [1.29, 1.82) is 0 Å². The lowest BCUT2D eigenvalue weighted by Gasteiger charge is -2.06. The summed E-state index contributed by atoms with van der Waals surface area (Å²) in [5, 5.41) is 9.39. The largest absolute Gasteiger partial charge is 0.451 e. The molecule has 4 rings (SSSR count). The van der Waals surface area contributed by atoms with Gasteiger partial charge in [-0.2, -0.15) is 32.8 Å². The third-order valence-corrected chi connectivity index (χ3v) is 3.42. The summed E-state index contributed by atoms with van der Waals surface area (Å²) in [7, 11) is 0. The molecule has 0 unspecified atom stereocenters. The van der Waals surface area contributed by atoms with Crippen LogP contribution in [-0.2, 0) is 6.18 Å². The molecular weight excluding hydrogens is 329 g/mol. The van der Waals surface area contributed by atoms with Crippen LogP contribution in [0.15, 0.2) is 23.4 Å². The molecule has 1 N–H and O–H groups in total. The number of hydrogen-bond acceptors (Lipinski definition) is 6. The lowest BCUT2D eigenvalue weighted by molar-refractivity contribution is -0.144. The van der Waals surface area contributed by atoms with Gasteiger partial charge in [-0.25, -0.2) is 9.55 Å². The molecule has 4 aromatic rings. The van der Waals surface area contributed by atoms with Gasteiger partial charge < -0.3 is 0 Å². The van der Waals surface area contributed by atoms with Crippen LogP contribution in [0.3, 0.4) is 0 Å². The smallest absolute Gasteiger partial charge is 0.268 e. The first-order valence-corrected chi connectivity index (χ1v) is 6.58. The molecule has 0 amide bonds. The Morgan fingerprint density at radius 2 is 2.04 bits per heavy atom. The summed E-state index contributed by atoms with van der Waals surface area (Å²) in [5.41, 5.74) is 0.196. The molecule has 4 heterocycles. The number of aromatic nitrogens is 8. The highest BCUT2D eigenvalue weighted by Crippen LogP contribution is 2.26. The number of hydrogen-bond donors (Lipinski definition) is 1. The minimum absolute atomic E-state index is 0.189. The zero-order valence-electron chi connectivity index (χ0n) is 11.9. The first-order chi connectivity index (χ1) is 11.4. The van der Waals surface area contributed by atoms with Gasteiger partial charge in [-0.15, -0.1) is 5.10 Å². The van der Waals surface area contributed by atoms with Crippen molar-refractivity contribution in [2.75, 3.05) is 0 Å². The number of nitrogens with one attached hydrogen (secondary N) is 1. The van der Waals surface area contributed by atoms with E-state index in [4.69, 9.17) is 0 Å². The molecule has 12 heteroatoms. The van der Waals surface area contributed by atoms with Crippen molar-refractivity contribution in [2.24, 2.45) is 0 Å². The van der Waals surface area contributed by atoms with Gasteiger partial charge in [0.25, 0.3) is 17.3 Å². The number of H-pyrrole nitrogens is 1. The predicted molar refractivity (Wildman–Crippen MR) is 73.6 cm³/mol. The molecule has 0 aromatic carbocycles. The molecule has 0 spiro atoms. The molecule has 0 aliphatic rings. The zero-order chi connectivity index (χ0) is 17.1. The van der Waals surface area contributed by atoms with Gasteiger partial charge in [-0.1, -0.05) is 0 Å². The average Bonchev–Trinajstić information content (AvgIpc) is 3.15. The van der Waals surface area contributed by atoms with E-state index in [-0.39, 0.29) is 5.39 Å². The van der Waals surface area contributed by atoms with Gasteiger partial charge in [0.1, 0.15) is 6.33 Å². The summed E-state index contributed by atoms with van der Waals surface area (Å²) in [6.45, 7) is 1.60. The van der Waals surface area contributed by atoms with Crippen LogP contribution in [0.1, 0.15) is 11.5 Å². The van der Waals surface area contributed by atoms with Gasteiger partial charge in [0.05, 0.1) is 16.6 Å². The van der Waals surface area contributed by atoms with Crippen molar-refractivity contribution in [2.45, 2.75) is 13.1 Å². The Morgan fingerprint density at radius 1 is 1.25 bits per heavy atom. The molecule has 0 aliphatic heterocycles. The highest BCUT2D eigenvalue weighted by Gasteiger charge is 2.35. The lowest BCUT2D eigenvalue weighted by atomic mass is 10.2. The van der Waals surface area contributed by atoms with E-state index in [1.54, 1.807) is 12.0 Å². The molecule has 0 saturated heterocycles. The van der Waals surface area contributed by atoms with Crippen molar-refractivity contribution in [3.63, 3.8) is 0 Å². The third-order valence-electron chi connectivity index (χ3n) is 3.42. The molecule has 0 saturated carbocycles. The second-order valence-electron chi connectivity index (χ2n) is 4.90. The summed E-state index contributed by atoms with van der Waals surface area (Å²) in [4.78, 5) is 24.1. The fourth-order valence-electron chi connectivity index (χ4n) is 2.38. The lowest BCUT2D eigenvalue weighted by Crippen LogP contribution is -2.21. The van der Waals surface area contributed by atoms with Crippen LogP contribution in [0.5, 0.6) is 0 Å². The van der Waals surface area contributed by atoms with E-state index in [9.17, 15) is 18.0 Å². The van der Waals surface area contributed by atoms with E-state index < -0.39 is 23.5 Å². The Hall–Kier alpha value is -3.31. The van der Waals surface area contributed by atoms with E-state index >= 15 is 0 Å². The van der Waals surface area contributed by atoms with Crippen molar-refractivity contribution < 1.29 is 13.2 Å². The molecule has 0 radical (unpaired) electrons. The summed E-state index contributed by atoms with van der Waals surface area (Å²) < 4.78 is 40.1. The van der Waals surface area contributed by atoms with Crippen LogP contribution in [-0.4, -0.2) is 39.3 Å². The predicted octanol–water partition coefficient (Wildman–Crippen LogP) is 0.874. The maximum Gasteiger partial charge on any atom is 0.451 e. The molecule has 0 bridgehead atoms. The second-order valence-corrected chi connectivity index (χ2v) is 4.90. The normalized spacial score (nSPS) is 12.3. The summed E-state index contributed by atoms with van der Waals surface area (Å²) in [5.74, 6) is -1.38. The van der Waals surface area contributed by atoms with Gasteiger partial charge in [0.2, 0.25) is 5.82 Å². The first kappa shape index (κ1) is 14.3. The Labute approximate surface area is 129 Å². The topological polar surface area (TPSA) is 107 Å². The molecule has 122 valence electrons. The van der Waals surface area contributed by atoms with Crippen molar-refractivity contribution in [3.8, 4) is 5.95 Å². The van der Waals surface area contributed by atoms with Gasteiger partial charge in [-0.05, 0) is 13.0 Å². The number of rotatable bonds is 1. The van der Waals surface area contributed by atoms with Crippen LogP contribution >= 0.6 is 0 Å². The Kier molecular flexibility index (Phi) is 2.74. The number of alkyl halides is 3. The number of aryl methyl sites for hydroxylation is 1. The summed E-state index contributed by atoms with van der Waals surface area (Å²) in [6, 6.07) is 1.51. The van der Waals surface area contributed by atoms with Crippen LogP contribution in [0.25, 0.3) is 22.6 Å². The monoisotopic (exact) mass is 336 g/mol. The van der Waals surface area contributed by atoms with E-state index in [1.165, 1.54) is 23.1 Å². The van der Waals surface area contributed by atoms with Crippen LogP contribution in [0.4, 0.5) is 13.2 Å². The summed E-state index contributed by atoms with van der Waals surface area (Å²) in [6.07, 6.45) is -2.12. The molecule has 4 aromatic heterocycles. The molecule has 0 fully saturated rings. The van der Waals surface area contributed by atoms with E-state index in [0.717, 1.165) is 4.57 Å². The van der Waals surface area contributed by atoms with Crippen LogP contribution in [0.2, 0.25) is 0 Å². The molecule has 0 atom stereocenters. The van der Waals surface area contributed by atoms with Crippen LogP contribution < -0.4 is 5.56 Å².